The summed E-state index contributed by atoms with van der Waals surface area (Å²) in [6.07, 6.45) is 1.77. The van der Waals surface area contributed by atoms with Crippen LogP contribution in [0.25, 0.3) is 0 Å². The average Bonchev–Trinajstić information content (AvgIpc) is 2.36. The average molecular weight is 241 g/mol. The predicted molar refractivity (Wildman–Crippen MR) is 76.6 cm³/mol. The molecule has 0 bridgehead atoms. The molecule has 2 aromatic rings. The Balaban J connectivity index is 2.18. The minimum absolute atomic E-state index is 0.183. The van der Waals surface area contributed by atoms with Crippen LogP contribution < -0.4 is 11.1 Å². The molecule has 0 saturated heterocycles. The van der Waals surface area contributed by atoms with Crippen molar-refractivity contribution in [2.75, 3.05) is 11.1 Å². The van der Waals surface area contributed by atoms with E-state index in [1.807, 2.05) is 13.0 Å². The van der Waals surface area contributed by atoms with E-state index in [4.69, 9.17) is 5.73 Å². The van der Waals surface area contributed by atoms with Crippen LogP contribution in [0.15, 0.2) is 36.5 Å². The van der Waals surface area contributed by atoms with Crippen molar-refractivity contribution in [3.05, 3.63) is 53.2 Å². The van der Waals surface area contributed by atoms with Gasteiger partial charge in [0.2, 0.25) is 0 Å². The van der Waals surface area contributed by atoms with Gasteiger partial charge in [-0.15, -0.1) is 0 Å². The van der Waals surface area contributed by atoms with Gasteiger partial charge in [0, 0.05) is 6.20 Å². The second-order valence-electron chi connectivity index (χ2n) is 4.67. The quantitative estimate of drug-likeness (QED) is 0.865. The van der Waals surface area contributed by atoms with Crippen LogP contribution in [0.3, 0.4) is 0 Å². The highest BCUT2D eigenvalue weighted by molar-refractivity contribution is 5.65. The Hall–Kier alpha value is -2.03. The molecule has 3 nitrogen and oxygen atoms in total. The number of anilines is 2. The van der Waals surface area contributed by atoms with Crippen molar-refractivity contribution in [2.45, 2.75) is 26.8 Å². The monoisotopic (exact) mass is 241 g/mol. The molecule has 3 heteroatoms. The van der Waals surface area contributed by atoms with Gasteiger partial charge in [0.15, 0.2) is 0 Å². The van der Waals surface area contributed by atoms with Crippen LogP contribution in [0.2, 0.25) is 0 Å². The lowest BCUT2D eigenvalue weighted by atomic mass is 10.1. The first-order chi connectivity index (χ1) is 8.58. The van der Waals surface area contributed by atoms with Gasteiger partial charge in [-0.2, -0.15) is 0 Å². The number of aryl methyl sites for hydroxylation is 2. The summed E-state index contributed by atoms with van der Waals surface area (Å²) in [5.74, 6) is 0.753. The number of rotatable bonds is 3. The van der Waals surface area contributed by atoms with Crippen molar-refractivity contribution >= 4 is 11.5 Å². The normalized spacial score (nSPS) is 12.2. The zero-order valence-corrected chi connectivity index (χ0v) is 11.1. The van der Waals surface area contributed by atoms with Crippen LogP contribution in [0.1, 0.15) is 29.7 Å². The molecule has 1 aromatic heterocycles. The minimum Gasteiger partial charge on any atom is -0.396 e. The lowest BCUT2D eigenvalue weighted by molar-refractivity contribution is 0.874. The van der Waals surface area contributed by atoms with E-state index in [2.05, 4.69) is 48.4 Å². The lowest BCUT2D eigenvalue weighted by Crippen LogP contribution is -2.10. The second kappa shape index (κ2) is 5.08. The first kappa shape index (κ1) is 12.4. The van der Waals surface area contributed by atoms with Crippen LogP contribution >= 0.6 is 0 Å². The zero-order chi connectivity index (χ0) is 13.1. The maximum Gasteiger partial charge on any atom is 0.149 e. The van der Waals surface area contributed by atoms with E-state index in [1.165, 1.54) is 11.1 Å². The molecule has 0 aliphatic heterocycles. The molecule has 1 heterocycles. The highest BCUT2D eigenvalue weighted by Gasteiger charge is 2.09. The third-order valence-electron chi connectivity index (χ3n) is 3.14. The molecule has 18 heavy (non-hydrogen) atoms. The largest absolute Gasteiger partial charge is 0.396 e. The van der Waals surface area contributed by atoms with Gasteiger partial charge in [-0.05, 0) is 38.0 Å². The number of nitrogens with two attached hydrogens (primary N) is 1. The smallest absolute Gasteiger partial charge is 0.149 e. The van der Waals surface area contributed by atoms with Gasteiger partial charge in [0.25, 0.3) is 0 Å². The van der Waals surface area contributed by atoms with Crippen molar-refractivity contribution in [3.63, 3.8) is 0 Å². The van der Waals surface area contributed by atoms with Crippen LogP contribution in [0.5, 0.6) is 0 Å². The third kappa shape index (κ3) is 2.62. The number of hydrogen-bond acceptors (Lipinski definition) is 3. The molecule has 1 atom stereocenters. The summed E-state index contributed by atoms with van der Waals surface area (Å²) in [6.45, 7) is 6.18. The zero-order valence-electron chi connectivity index (χ0n) is 11.1. The van der Waals surface area contributed by atoms with Gasteiger partial charge >= 0.3 is 0 Å². The van der Waals surface area contributed by atoms with Crippen LogP contribution in [0.4, 0.5) is 11.5 Å². The molecule has 3 N–H and O–H groups in total. The number of nitrogens with zero attached hydrogens (tertiary/aromatic N) is 1. The van der Waals surface area contributed by atoms with E-state index in [-0.39, 0.29) is 6.04 Å². The van der Waals surface area contributed by atoms with Crippen molar-refractivity contribution in [1.82, 2.24) is 4.98 Å². The van der Waals surface area contributed by atoms with Gasteiger partial charge in [-0.25, -0.2) is 4.98 Å². The van der Waals surface area contributed by atoms with E-state index in [0.717, 1.165) is 17.1 Å². The number of benzene rings is 1. The standard InChI is InChI=1S/C15H19N3/c1-10-4-6-13(7-5-10)12(3)18-15-14(16)11(2)8-9-17-15/h4-9,12H,16H2,1-3H3,(H,17,18). The molecule has 1 aromatic carbocycles. The molecule has 1 unspecified atom stereocenters. The van der Waals surface area contributed by atoms with Gasteiger partial charge in [0.1, 0.15) is 5.82 Å². The molecule has 94 valence electrons. The maximum atomic E-state index is 6.01. The van der Waals surface area contributed by atoms with Crippen LogP contribution in [0, 0.1) is 13.8 Å². The SMILES string of the molecule is Cc1ccc(C(C)Nc2nccc(C)c2N)cc1. The van der Waals surface area contributed by atoms with Crippen molar-refractivity contribution < 1.29 is 0 Å². The summed E-state index contributed by atoms with van der Waals surface area (Å²) in [7, 11) is 0. The maximum absolute atomic E-state index is 6.01. The topological polar surface area (TPSA) is 50.9 Å². The molecular weight excluding hydrogens is 222 g/mol. The van der Waals surface area contributed by atoms with E-state index < -0.39 is 0 Å². The molecule has 0 amide bonds. The van der Waals surface area contributed by atoms with E-state index in [0.29, 0.717) is 0 Å². The molecule has 0 aliphatic rings. The van der Waals surface area contributed by atoms with Gasteiger partial charge in [-0.3, -0.25) is 0 Å². The molecule has 2 rings (SSSR count). The summed E-state index contributed by atoms with van der Waals surface area (Å²) < 4.78 is 0. The Labute approximate surface area is 108 Å². The highest BCUT2D eigenvalue weighted by Crippen LogP contribution is 2.24. The Morgan fingerprint density at radius 2 is 1.78 bits per heavy atom. The number of aromatic nitrogens is 1. The summed E-state index contributed by atoms with van der Waals surface area (Å²) >= 11 is 0. The van der Waals surface area contributed by atoms with Crippen molar-refractivity contribution in [3.8, 4) is 0 Å². The van der Waals surface area contributed by atoms with Crippen molar-refractivity contribution in [1.29, 1.82) is 0 Å². The summed E-state index contributed by atoms with van der Waals surface area (Å²) in [4.78, 5) is 4.29. The van der Waals surface area contributed by atoms with E-state index in [9.17, 15) is 0 Å². The molecule has 0 aliphatic carbocycles. The first-order valence-corrected chi connectivity index (χ1v) is 6.12. The van der Waals surface area contributed by atoms with Gasteiger partial charge in [-0.1, -0.05) is 29.8 Å². The van der Waals surface area contributed by atoms with Crippen LogP contribution in [-0.2, 0) is 0 Å². The van der Waals surface area contributed by atoms with E-state index in [1.54, 1.807) is 6.20 Å². The second-order valence-corrected chi connectivity index (χ2v) is 4.67. The van der Waals surface area contributed by atoms with Crippen LogP contribution in [-0.4, -0.2) is 4.98 Å². The molecule has 0 spiro atoms. The molecule has 0 saturated carbocycles. The fourth-order valence-electron chi connectivity index (χ4n) is 1.83. The lowest BCUT2D eigenvalue weighted by Gasteiger charge is -2.17. The van der Waals surface area contributed by atoms with Gasteiger partial charge in [0.05, 0.1) is 11.7 Å². The molecule has 0 radical (unpaired) electrons. The minimum atomic E-state index is 0.183. The summed E-state index contributed by atoms with van der Waals surface area (Å²) in [5.41, 5.74) is 10.3. The Bertz CT molecular complexity index is 532. The number of nitrogen functional groups attached to an aromatic ring is 1. The highest BCUT2D eigenvalue weighted by atomic mass is 15.0. The molecular formula is C15H19N3. The summed E-state index contributed by atoms with van der Waals surface area (Å²) in [5, 5.41) is 3.35. The summed E-state index contributed by atoms with van der Waals surface area (Å²) in [6, 6.07) is 10.6. The first-order valence-electron chi connectivity index (χ1n) is 6.12. The van der Waals surface area contributed by atoms with Crippen molar-refractivity contribution in [2.24, 2.45) is 0 Å². The Morgan fingerprint density at radius 3 is 2.44 bits per heavy atom. The third-order valence-corrected chi connectivity index (χ3v) is 3.14. The number of hydrogen-bond donors (Lipinski definition) is 2. The number of pyridine rings is 1. The van der Waals surface area contributed by atoms with Gasteiger partial charge < -0.3 is 11.1 Å². The fraction of sp³-hybridized carbons (Fsp3) is 0.267. The Morgan fingerprint density at radius 1 is 1.11 bits per heavy atom. The fourth-order valence-corrected chi connectivity index (χ4v) is 1.83. The van der Waals surface area contributed by atoms with E-state index >= 15 is 0 Å². The predicted octanol–water partition coefficient (Wildman–Crippen LogP) is 3.45. The Kier molecular flexibility index (Phi) is 3.51. The molecule has 0 fully saturated rings. The number of nitrogens with one attached hydrogen (secondary N) is 1.